The number of para-hydroxylation sites is 1. The summed E-state index contributed by atoms with van der Waals surface area (Å²) in [7, 11) is 1.58. The summed E-state index contributed by atoms with van der Waals surface area (Å²) in [6.45, 7) is 2.13. The summed E-state index contributed by atoms with van der Waals surface area (Å²) in [5, 5.41) is 11.6. The van der Waals surface area contributed by atoms with Crippen LogP contribution in [0.3, 0.4) is 0 Å². The number of methoxy groups -OCH3 is 1. The number of rotatable bonds is 10. The average molecular weight is 550 g/mol. The minimum absolute atomic E-state index is 0.0356. The molecular weight excluding hydrogens is 518 g/mol. The van der Waals surface area contributed by atoms with Crippen LogP contribution >= 0.6 is 0 Å². The Labute approximate surface area is 237 Å². The van der Waals surface area contributed by atoms with Crippen molar-refractivity contribution in [1.82, 2.24) is 44.7 Å². The molecule has 6 rings (SSSR count). The van der Waals surface area contributed by atoms with Crippen molar-refractivity contribution in [2.24, 2.45) is 0 Å². The maximum absolute atomic E-state index is 14.3. The predicted octanol–water partition coefficient (Wildman–Crippen LogP) is 4.41. The van der Waals surface area contributed by atoms with Gasteiger partial charge in [0, 0.05) is 29.3 Å². The normalized spacial score (nSPS) is 13.2. The van der Waals surface area contributed by atoms with Crippen molar-refractivity contribution in [3.8, 4) is 34.3 Å². The van der Waals surface area contributed by atoms with Crippen LogP contribution in [0.2, 0.25) is 0 Å². The minimum Gasteiger partial charge on any atom is -0.494 e. The van der Waals surface area contributed by atoms with E-state index in [1.807, 2.05) is 47.0 Å². The van der Waals surface area contributed by atoms with Crippen molar-refractivity contribution in [3.05, 3.63) is 88.5 Å². The molecule has 1 aliphatic carbocycles. The second-order valence-electron chi connectivity index (χ2n) is 10.1. The van der Waals surface area contributed by atoms with Gasteiger partial charge in [0.15, 0.2) is 17.4 Å². The number of nitrogens with zero attached hydrogens (tertiary/aromatic N) is 9. The second kappa shape index (κ2) is 11.7. The lowest BCUT2D eigenvalue weighted by atomic mass is 9.92. The number of hydrogen-bond donors (Lipinski definition) is 0. The van der Waals surface area contributed by atoms with E-state index in [0.29, 0.717) is 35.8 Å². The van der Waals surface area contributed by atoms with Gasteiger partial charge in [-0.05, 0) is 60.7 Å². The molecule has 11 nitrogen and oxygen atoms in total. The molecule has 0 amide bonds. The standard InChI is InChI=1S/C30H31N9O2/c1-3-4-13-26-24(30(40)39(21-10-8-11-21)29(35-26)28-31-17-22(41-2)18-32-28)16-20-9-7-14-25(34-20)23-12-5-6-15-27(23)38-19-33-36-37-38/h5-7,9,12,14-15,17-19,21H,3-4,8,10-11,13,16H2,1-2H3. The summed E-state index contributed by atoms with van der Waals surface area (Å²) < 4.78 is 8.67. The Morgan fingerprint density at radius 2 is 1.85 bits per heavy atom. The molecular formula is C30H31N9O2. The number of hydrogen-bond acceptors (Lipinski definition) is 9. The van der Waals surface area contributed by atoms with Gasteiger partial charge in [-0.15, -0.1) is 5.10 Å². The lowest BCUT2D eigenvalue weighted by Gasteiger charge is -2.30. The maximum atomic E-state index is 14.3. The van der Waals surface area contributed by atoms with E-state index in [-0.39, 0.29) is 11.6 Å². The number of ether oxygens (including phenoxy) is 1. The SMILES string of the molecule is CCCCc1nc(-c2ncc(OC)cn2)n(C2CCC2)c(=O)c1Cc1cccc(-c2ccccc2-n2cnnn2)n1. The van der Waals surface area contributed by atoms with Crippen LogP contribution in [0.15, 0.2) is 66.0 Å². The van der Waals surface area contributed by atoms with E-state index in [1.54, 1.807) is 30.5 Å². The fraction of sp³-hybridized carbons (Fsp3) is 0.333. The number of aromatic nitrogens is 9. The molecule has 1 saturated carbocycles. The molecule has 11 heteroatoms. The van der Waals surface area contributed by atoms with Gasteiger partial charge >= 0.3 is 0 Å². The van der Waals surface area contributed by atoms with Crippen molar-refractivity contribution in [1.29, 1.82) is 0 Å². The van der Waals surface area contributed by atoms with Gasteiger partial charge in [-0.3, -0.25) is 14.3 Å². The van der Waals surface area contributed by atoms with E-state index in [2.05, 4.69) is 32.4 Å². The first-order chi connectivity index (χ1) is 20.2. The molecule has 0 radical (unpaired) electrons. The smallest absolute Gasteiger partial charge is 0.257 e. The molecule has 1 aromatic carbocycles. The highest BCUT2D eigenvalue weighted by atomic mass is 16.5. The van der Waals surface area contributed by atoms with Crippen molar-refractivity contribution < 1.29 is 4.74 Å². The van der Waals surface area contributed by atoms with E-state index in [1.165, 1.54) is 0 Å². The van der Waals surface area contributed by atoms with E-state index >= 15 is 0 Å². The zero-order valence-electron chi connectivity index (χ0n) is 23.1. The van der Waals surface area contributed by atoms with Crippen molar-refractivity contribution >= 4 is 0 Å². The van der Waals surface area contributed by atoms with E-state index in [0.717, 1.165) is 60.4 Å². The summed E-state index contributed by atoms with van der Waals surface area (Å²) in [6.07, 6.45) is 10.7. The number of tetrazole rings is 1. The summed E-state index contributed by atoms with van der Waals surface area (Å²) in [6, 6.07) is 13.8. The van der Waals surface area contributed by atoms with Gasteiger partial charge in [0.25, 0.3) is 5.56 Å². The van der Waals surface area contributed by atoms with Crippen LogP contribution in [0.5, 0.6) is 5.75 Å². The van der Waals surface area contributed by atoms with Gasteiger partial charge in [0.1, 0.15) is 6.33 Å². The number of benzene rings is 1. The highest BCUT2D eigenvalue weighted by Crippen LogP contribution is 2.34. The molecule has 0 N–H and O–H groups in total. The minimum atomic E-state index is -0.0356. The average Bonchev–Trinajstić information content (AvgIpc) is 3.53. The topological polar surface area (TPSA) is 126 Å². The van der Waals surface area contributed by atoms with Crippen LogP contribution in [0.4, 0.5) is 0 Å². The summed E-state index contributed by atoms with van der Waals surface area (Å²) in [4.78, 5) is 33.3. The van der Waals surface area contributed by atoms with Crippen LogP contribution in [0.25, 0.3) is 28.6 Å². The van der Waals surface area contributed by atoms with Crippen molar-refractivity contribution in [2.45, 2.75) is 57.9 Å². The monoisotopic (exact) mass is 549 g/mol. The summed E-state index contributed by atoms with van der Waals surface area (Å²) in [5.74, 6) is 1.51. The lowest BCUT2D eigenvalue weighted by Crippen LogP contribution is -2.35. The van der Waals surface area contributed by atoms with Crippen LogP contribution in [0, 0.1) is 0 Å². The summed E-state index contributed by atoms with van der Waals surface area (Å²) in [5.41, 5.74) is 4.71. The molecule has 1 fully saturated rings. The lowest BCUT2D eigenvalue weighted by molar-refractivity contribution is 0.305. The Bertz CT molecular complexity index is 1690. The van der Waals surface area contributed by atoms with Crippen molar-refractivity contribution in [2.75, 3.05) is 7.11 Å². The van der Waals surface area contributed by atoms with E-state index in [9.17, 15) is 4.79 Å². The van der Waals surface area contributed by atoms with Gasteiger partial charge in [-0.2, -0.15) is 4.68 Å². The summed E-state index contributed by atoms with van der Waals surface area (Å²) >= 11 is 0. The van der Waals surface area contributed by atoms with Gasteiger partial charge in [0.2, 0.25) is 0 Å². The third-order valence-electron chi connectivity index (χ3n) is 7.51. The largest absolute Gasteiger partial charge is 0.494 e. The van der Waals surface area contributed by atoms with Crippen LogP contribution in [0.1, 0.15) is 62.0 Å². The molecule has 208 valence electrons. The Morgan fingerprint density at radius 1 is 1.02 bits per heavy atom. The van der Waals surface area contributed by atoms with Gasteiger partial charge in [-0.25, -0.2) is 15.0 Å². The zero-order valence-corrected chi connectivity index (χ0v) is 23.1. The zero-order chi connectivity index (χ0) is 28.2. The predicted molar refractivity (Wildman–Crippen MR) is 153 cm³/mol. The molecule has 0 spiro atoms. The first-order valence-corrected chi connectivity index (χ1v) is 14.0. The molecule has 1 aliphatic rings. The molecule has 41 heavy (non-hydrogen) atoms. The van der Waals surface area contributed by atoms with Crippen LogP contribution < -0.4 is 10.3 Å². The Kier molecular flexibility index (Phi) is 7.57. The highest BCUT2D eigenvalue weighted by Gasteiger charge is 2.28. The maximum Gasteiger partial charge on any atom is 0.257 e. The molecule has 5 aromatic rings. The van der Waals surface area contributed by atoms with Crippen LogP contribution in [-0.4, -0.2) is 51.8 Å². The van der Waals surface area contributed by atoms with E-state index < -0.39 is 0 Å². The molecule has 4 heterocycles. The molecule has 0 unspecified atom stereocenters. The Hall–Kier alpha value is -4.80. The molecule has 0 bridgehead atoms. The third kappa shape index (κ3) is 5.34. The molecule has 0 saturated heterocycles. The molecule has 0 aliphatic heterocycles. The second-order valence-corrected chi connectivity index (χ2v) is 10.1. The third-order valence-corrected chi connectivity index (χ3v) is 7.51. The fourth-order valence-electron chi connectivity index (χ4n) is 5.09. The number of aryl methyl sites for hydroxylation is 1. The number of pyridine rings is 1. The first kappa shape index (κ1) is 26.4. The Morgan fingerprint density at radius 3 is 2.56 bits per heavy atom. The Balaban J connectivity index is 1.43. The number of unbranched alkanes of at least 4 members (excludes halogenated alkanes) is 1. The molecule has 4 aromatic heterocycles. The first-order valence-electron chi connectivity index (χ1n) is 14.0. The van der Waals surface area contributed by atoms with Gasteiger partial charge in [0.05, 0.1) is 36.6 Å². The quantitative estimate of drug-likeness (QED) is 0.249. The van der Waals surface area contributed by atoms with Gasteiger partial charge in [-0.1, -0.05) is 37.6 Å². The fourth-order valence-corrected chi connectivity index (χ4v) is 5.09. The van der Waals surface area contributed by atoms with E-state index in [4.69, 9.17) is 14.7 Å². The molecule has 0 atom stereocenters. The van der Waals surface area contributed by atoms with Gasteiger partial charge < -0.3 is 4.74 Å². The van der Waals surface area contributed by atoms with Crippen molar-refractivity contribution in [3.63, 3.8) is 0 Å². The highest BCUT2D eigenvalue weighted by molar-refractivity contribution is 5.69. The van der Waals surface area contributed by atoms with Crippen LogP contribution in [-0.2, 0) is 12.8 Å².